The molecule has 0 N–H and O–H groups in total. The summed E-state index contributed by atoms with van der Waals surface area (Å²) in [5.74, 6) is -3.69. The van der Waals surface area contributed by atoms with Crippen molar-refractivity contribution in [2.75, 3.05) is 13.7 Å². The van der Waals surface area contributed by atoms with Gasteiger partial charge in [-0.1, -0.05) is 0 Å². The van der Waals surface area contributed by atoms with E-state index in [2.05, 4.69) is 0 Å². The third kappa shape index (κ3) is 7.59. The summed E-state index contributed by atoms with van der Waals surface area (Å²) in [4.78, 5) is 57.8. The molecule has 1 aliphatic rings. The Morgan fingerprint density at radius 3 is 1.67 bits per heavy atom. The first-order valence-electron chi connectivity index (χ1n) is 8.96. The number of hydrogen-bond acceptors (Lipinski definition) is 12. The second kappa shape index (κ2) is 11.5. The van der Waals surface area contributed by atoms with Crippen LogP contribution in [0.25, 0.3) is 0 Å². The first kappa shape index (κ1) is 25.3. The molecule has 0 aromatic heterocycles. The van der Waals surface area contributed by atoms with E-state index in [1.807, 2.05) is 0 Å². The second-order valence-corrected chi connectivity index (χ2v) is 6.38. The van der Waals surface area contributed by atoms with Crippen molar-refractivity contribution in [3.8, 4) is 0 Å². The van der Waals surface area contributed by atoms with Crippen LogP contribution in [0.5, 0.6) is 0 Å². The third-order valence-electron chi connectivity index (χ3n) is 3.80. The van der Waals surface area contributed by atoms with Crippen LogP contribution in [0.4, 0.5) is 0 Å². The van der Waals surface area contributed by atoms with E-state index in [0.29, 0.717) is 0 Å². The summed E-state index contributed by atoms with van der Waals surface area (Å²) in [6.45, 7) is 5.13. The standard InChI is InChI=1S/C18H26O12/c1-8(19)25-7-13(26-9(2)20)14-15(27-10(3)21)16(28-11(4)22)17(29-12(5)23)18(24-6)30-14/h13-18H,7H2,1-6H3/t13-,14-,15-,16+,17-,18?/m1/s1. The Morgan fingerprint density at radius 1 is 0.733 bits per heavy atom. The van der Waals surface area contributed by atoms with Crippen molar-refractivity contribution < 1.29 is 57.1 Å². The lowest BCUT2D eigenvalue weighted by atomic mass is 9.94. The molecule has 1 fully saturated rings. The highest BCUT2D eigenvalue weighted by molar-refractivity contribution is 5.69. The molecule has 170 valence electrons. The van der Waals surface area contributed by atoms with E-state index in [1.165, 1.54) is 7.11 Å². The highest BCUT2D eigenvalue weighted by Gasteiger charge is 2.55. The van der Waals surface area contributed by atoms with Crippen molar-refractivity contribution in [1.29, 1.82) is 0 Å². The lowest BCUT2D eigenvalue weighted by Gasteiger charge is -2.45. The Hall–Kier alpha value is -2.73. The van der Waals surface area contributed by atoms with Gasteiger partial charge in [-0.05, 0) is 0 Å². The van der Waals surface area contributed by atoms with Crippen LogP contribution in [-0.4, -0.2) is 80.4 Å². The molecule has 0 aromatic rings. The molecule has 0 spiro atoms. The second-order valence-electron chi connectivity index (χ2n) is 6.38. The van der Waals surface area contributed by atoms with Crippen LogP contribution in [0.15, 0.2) is 0 Å². The Bertz CT molecular complexity index is 660. The first-order valence-corrected chi connectivity index (χ1v) is 8.96. The van der Waals surface area contributed by atoms with Gasteiger partial charge in [-0.15, -0.1) is 0 Å². The fourth-order valence-corrected chi connectivity index (χ4v) is 2.90. The average molecular weight is 434 g/mol. The van der Waals surface area contributed by atoms with Crippen LogP contribution in [0, 0.1) is 0 Å². The van der Waals surface area contributed by atoms with Crippen LogP contribution in [-0.2, 0) is 57.1 Å². The van der Waals surface area contributed by atoms with Gasteiger partial charge >= 0.3 is 29.8 Å². The van der Waals surface area contributed by atoms with Gasteiger partial charge in [-0.2, -0.15) is 0 Å². The number of ether oxygens (including phenoxy) is 7. The average Bonchev–Trinajstić information content (AvgIpc) is 2.60. The molecule has 0 aliphatic carbocycles. The van der Waals surface area contributed by atoms with E-state index in [4.69, 9.17) is 33.2 Å². The largest absolute Gasteiger partial charge is 0.462 e. The Kier molecular flexibility index (Phi) is 9.66. The Morgan fingerprint density at radius 2 is 1.23 bits per heavy atom. The first-order chi connectivity index (χ1) is 14.0. The van der Waals surface area contributed by atoms with Gasteiger partial charge < -0.3 is 33.2 Å². The summed E-state index contributed by atoms with van der Waals surface area (Å²) in [5.41, 5.74) is 0. The molecule has 0 saturated carbocycles. The lowest BCUT2D eigenvalue weighted by molar-refractivity contribution is -0.312. The molecular weight excluding hydrogens is 408 g/mol. The molecule has 1 saturated heterocycles. The van der Waals surface area contributed by atoms with E-state index in [0.717, 1.165) is 34.6 Å². The van der Waals surface area contributed by atoms with Crippen LogP contribution in [0.2, 0.25) is 0 Å². The summed E-state index contributed by atoms with van der Waals surface area (Å²) in [5, 5.41) is 0. The zero-order valence-electron chi connectivity index (χ0n) is 17.6. The number of carbonyl (C=O) groups excluding carboxylic acids is 5. The van der Waals surface area contributed by atoms with Crippen molar-refractivity contribution in [2.24, 2.45) is 0 Å². The zero-order chi connectivity index (χ0) is 23.0. The van der Waals surface area contributed by atoms with E-state index >= 15 is 0 Å². The van der Waals surface area contributed by atoms with Crippen LogP contribution in [0.3, 0.4) is 0 Å². The molecule has 12 heteroatoms. The van der Waals surface area contributed by atoms with Crippen molar-refractivity contribution in [2.45, 2.75) is 71.4 Å². The maximum atomic E-state index is 11.7. The van der Waals surface area contributed by atoms with Crippen LogP contribution >= 0.6 is 0 Å². The van der Waals surface area contributed by atoms with E-state index in [1.54, 1.807) is 0 Å². The van der Waals surface area contributed by atoms with Gasteiger partial charge in [0.1, 0.15) is 12.7 Å². The molecule has 1 rings (SSSR count). The van der Waals surface area contributed by atoms with Crippen molar-refractivity contribution in [3.63, 3.8) is 0 Å². The number of hydrogen-bond donors (Lipinski definition) is 0. The lowest BCUT2D eigenvalue weighted by Crippen LogP contribution is -2.65. The minimum atomic E-state index is -1.39. The predicted molar refractivity (Wildman–Crippen MR) is 94.5 cm³/mol. The van der Waals surface area contributed by atoms with Crippen LogP contribution < -0.4 is 0 Å². The van der Waals surface area contributed by atoms with Crippen molar-refractivity contribution in [1.82, 2.24) is 0 Å². The Balaban J connectivity index is 3.41. The maximum Gasteiger partial charge on any atom is 0.303 e. The van der Waals surface area contributed by atoms with Gasteiger partial charge in [-0.3, -0.25) is 24.0 Å². The van der Waals surface area contributed by atoms with E-state index in [9.17, 15) is 24.0 Å². The summed E-state index contributed by atoms with van der Waals surface area (Å²) < 4.78 is 36.7. The number of methoxy groups -OCH3 is 1. The maximum absolute atomic E-state index is 11.7. The van der Waals surface area contributed by atoms with E-state index in [-0.39, 0.29) is 0 Å². The molecule has 6 atom stereocenters. The predicted octanol–water partition coefficient (Wildman–Crippen LogP) is -0.352. The molecule has 0 aromatic carbocycles. The number of esters is 5. The third-order valence-corrected chi connectivity index (χ3v) is 3.80. The minimum absolute atomic E-state index is 0.446. The number of carbonyl (C=O) groups is 5. The van der Waals surface area contributed by atoms with Gasteiger partial charge in [0.25, 0.3) is 0 Å². The zero-order valence-corrected chi connectivity index (χ0v) is 17.6. The molecule has 0 amide bonds. The highest BCUT2D eigenvalue weighted by atomic mass is 16.7. The Labute approximate surface area is 173 Å². The molecule has 0 bridgehead atoms. The summed E-state index contributed by atoms with van der Waals surface area (Å²) in [6.07, 6.45) is -7.89. The van der Waals surface area contributed by atoms with Gasteiger partial charge in [0.05, 0.1) is 0 Å². The molecular formula is C18H26O12. The molecule has 1 heterocycles. The molecule has 12 nitrogen and oxygen atoms in total. The van der Waals surface area contributed by atoms with Gasteiger partial charge in [0.15, 0.2) is 30.7 Å². The quantitative estimate of drug-likeness (QED) is 0.363. The smallest absolute Gasteiger partial charge is 0.303 e. The minimum Gasteiger partial charge on any atom is -0.462 e. The van der Waals surface area contributed by atoms with Crippen LogP contribution in [0.1, 0.15) is 34.6 Å². The summed E-state index contributed by atoms with van der Waals surface area (Å²) in [6, 6.07) is 0. The van der Waals surface area contributed by atoms with Crippen molar-refractivity contribution in [3.05, 3.63) is 0 Å². The highest BCUT2D eigenvalue weighted by Crippen LogP contribution is 2.31. The van der Waals surface area contributed by atoms with Gasteiger partial charge in [-0.25, -0.2) is 0 Å². The fraction of sp³-hybridized carbons (Fsp3) is 0.722. The van der Waals surface area contributed by atoms with Gasteiger partial charge in [0, 0.05) is 41.7 Å². The topological polar surface area (TPSA) is 150 Å². The summed E-state index contributed by atoms with van der Waals surface area (Å²) in [7, 11) is 1.24. The monoisotopic (exact) mass is 434 g/mol. The molecule has 1 unspecified atom stereocenters. The molecule has 30 heavy (non-hydrogen) atoms. The van der Waals surface area contributed by atoms with Gasteiger partial charge in [0.2, 0.25) is 0 Å². The van der Waals surface area contributed by atoms with E-state index < -0.39 is 73.3 Å². The fourth-order valence-electron chi connectivity index (χ4n) is 2.90. The number of rotatable bonds is 8. The molecule has 0 radical (unpaired) electrons. The molecule has 1 aliphatic heterocycles. The van der Waals surface area contributed by atoms with Crippen molar-refractivity contribution >= 4 is 29.8 Å². The SMILES string of the molecule is COC1O[C@H]([C@@H](COC(C)=O)OC(C)=O)[C@@H](OC(C)=O)[C@H](OC(C)=O)[C@H]1OC(C)=O. The summed E-state index contributed by atoms with van der Waals surface area (Å²) >= 11 is 0. The normalized spacial score (nSPS) is 26.7.